The molecule has 1 N–H and O–H groups in total. The molecule has 0 bridgehead atoms. The second-order valence-corrected chi connectivity index (χ2v) is 8.75. The first-order chi connectivity index (χ1) is 16.0. The van der Waals surface area contributed by atoms with Crippen LogP contribution in [-0.4, -0.2) is 58.8 Å². The molecule has 33 heavy (non-hydrogen) atoms. The number of benzene rings is 2. The number of hydrogen-bond acceptors (Lipinski definition) is 6. The van der Waals surface area contributed by atoms with E-state index in [1.807, 2.05) is 66.5 Å². The van der Waals surface area contributed by atoms with E-state index in [2.05, 4.69) is 16.1 Å². The molecule has 1 unspecified atom stereocenters. The summed E-state index contributed by atoms with van der Waals surface area (Å²) < 4.78 is 19.2. The maximum atomic E-state index is 11.1. The van der Waals surface area contributed by atoms with Crippen LogP contribution < -0.4 is 14.2 Å². The van der Waals surface area contributed by atoms with E-state index in [9.17, 15) is 5.11 Å². The fourth-order valence-electron chi connectivity index (χ4n) is 4.22. The monoisotopic (exact) mass is 451 g/mol. The van der Waals surface area contributed by atoms with Gasteiger partial charge in [0, 0.05) is 19.3 Å². The van der Waals surface area contributed by atoms with Crippen LogP contribution in [0.25, 0.3) is 0 Å². The number of aliphatic hydroxyl groups is 1. The second kappa shape index (κ2) is 10.7. The summed E-state index contributed by atoms with van der Waals surface area (Å²) in [6.45, 7) is 5.75. The van der Waals surface area contributed by atoms with Gasteiger partial charge in [-0.15, -0.1) is 0 Å². The molecular weight excluding hydrogens is 418 g/mol. The Kier molecular flexibility index (Phi) is 7.52. The highest BCUT2D eigenvalue weighted by molar-refractivity contribution is 5.43. The smallest absolute Gasteiger partial charge is 0.161 e. The van der Waals surface area contributed by atoms with Crippen LogP contribution in [0.2, 0.25) is 0 Å². The molecule has 0 amide bonds. The molecule has 2 aromatic carbocycles. The zero-order valence-corrected chi connectivity index (χ0v) is 19.4. The van der Waals surface area contributed by atoms with E-state index in [0.29, 0.717) is 32.1 Å². The first kappa shape index (κ1) is 23.1. The normalized spacial score (nSPS) is 18.8. The Morgan fingerprint density at radius 2 is 1.94 bits per heavy atom. The molecule has 7 nitrogen and oxygen atoms in total. The van der Waals surface area contributed by atoms with Crippen LogP contribution in [0.5, 0.6) is 17.2 Å². The number of aromatic nitrogens is 2. The molecule has 0 spiro atoms. The number of para-hydroxylation sites is 1. The molecule has 0 radical (unpaired) electrons. The van der Waals surface area contributed by atoms with E-state index in [1.165, 1.54) is 0 Å². The van der Waals surface area contributed by atoms with Crippen LogP contribution >= 0.6 is 0 Å². The lowest BCUT2D eigenvalue weighted by Gasteiger charge is -2.39. The average molecular weight is 452 g/mol. The van der Waals surface area contributed by atoms with Gasteiger partial charge in [0.25, 0.3) is 0 Å². The Labute approximate surface area is 195 Å². The number of nitrogens with zero attached hydrogens (tertiary/aromatic N) is 3. The summed E-state index contributed by atoms with van der Waals surface area (Å²) in [7, 11) is 1.66. The van der Waals surface area contributed by atoms with Crippen molar-refractivity contribution in [2.75, 3.05) is 33.4 Å². The summed E-state index contributed by atoms with van der Waals surface area (Å²) in [6.07, 6.45) is 5.50. The quantitative estimate of drug-likeness (QED) is 0.507. The van der Waals surface area contributed by atoms with Gasteiger partial charge in [-0.25, -0.2) is 0 Å². The average Bonchev–Trinajstić information content (AvgIpc) is 3.24. The first-order valence-electron chi connectivity index (χ1n) is 11.4. The minimum absolute atomic E-state index is 0.291. The van der Waals surface area contributed by atoms with Gasteiger partial charge in [0.15, 0.2) is 11.5 Å². The SMILES string of the molecule is COc1cc(CN2CCCC(O)(COc3ccccc3)C2)ccc1OCCn1cc(C)cn1. The minimum atomic E-state index is -0.855. The van der Waals surface area contributed by atoms with E-state index in [0.717, 1.165) is 48.6 Å². The molecule has 3 aromatic rings. The lowest BCUT2D eigenvalue weighted by Crippen LogP contribution is -2.51. The molecule has 2 heterocycles. The van der Waals surface area contributed by atoms with Crippen LogP contribution in [-0.2, 0) is 13.1 Å². The van der Waals surface area contributed by atoms with Gasteiger partial charge in [-0.05, 0) is 61.7 Å². The molecule has 1 aliphatic heterocycles. The minimum Gasteiger partial charge on any atom is -0.493 e. The maximum absolute atomic E-state index is 11.1. The zero-order valence-electron chi connectivity index (χ0n) is 19.4. The van der Waals surface area contributed by atoms with Crippen molar-refractivity contribution in [2.45, 2.75) is 38.5 Å². The molecule has 7 heteroatoms. The van der Waals surface area contributed by atoms with Crippen LogP contribution in [0.3, 0.4) is 0 Å². The molecule has 1 aliphatic rings. The Morgan fingerprint density at radius 3 is 2.70 bits per heavy atom. The van der Waals surface area contributed by atoms with Gasteiger partial charge in [-0.2, -0.15) is 5.10 Å². The van der Waals surface area contributed by atoms with E-state index in [4.69, 9.17) is 14.2 Å². The topological polar surface area (TPSA) is 69.0 Å². The lowest BCUT2D eigenvalue weighted by molar-refractivity contribution is -0.0621. The third-order valence-electron chi connectivity index (χ3n) is 5.86. The number of methoxy groups -OCH3 is 1. The number of likely N-dealkylation sites (tertiary alicyclic amines) is 1. The van der Waals surface area contributed by atoms with E-state index < -0.39 is 5.60 Å². The van der Waals surface area contributed by atoms with E-state index in [1.54, 1.807) is 7.11 Å². The van der Waals surface area contributed by atoms with Crippen molar-refractivity contribution in [3.05, 3.63) is 72.1 Å². The van der Waals surface area contributed by atoms with Crippen molar-refractivity contribution in [1.29, 1.82) is 0 Å². The van der Waals surface area contributed by atoms with Gasteiger partial charge in [-0.3, -0.25) is 9.58 Å². The van der Waals surface area contributed by atoms with Gasteiger partial charge >= 0.3 is 0 Å². The molecule has 1 saturated heterocycles. The molecular formula is C26H33N3O4. The first-order valence-corrected chi connectivity index (χ1v) is 11.4. The van der Waals surface area contributed by atoms with Gasteiger partial charge in [0.1, 0.15) is 24.6 Å². The summed E-state index contributed by atoms with van der Waals surface area (Å²) in [5, 5.41) is 15.4. The lowest BCUT2D eigenvalue weighted by atomic mass is 9.93. The highest BCUT2D eigenvalue weighted by Gasteiger charge is 2.34. The van der Waals surface area contributed by atoms with Gasteiger partial charge in [0.05, 0.1) is 19.9 Å². The highest BCUT2D eigenvalue weighted by atomic mass is 16.5. The number of piperidine rings is 1. The molecule has 0 aliphatic carbocycles. The van der Waals surface area contributed by atoms with Crippen molar-refractivity contribution in [1.82, 2.24) is 14.7 Å². The number of hydrogen-bond donors (Lipinski definition) is 1. The molecule has 0 saturated carbocycles. The zero-order chi connectivity index (χ0) is 23.1. The summed E-state index contributed by atoms with van der Waals surface area (Å²) in [5.74, 6) is 2.21. The third-order valence-corrected chi connectivity index (χ3v) is 5.86. The Bertz CT molecular complexity index is 1020. The largest absolute Gasteiger partial charge is 0.493 e. The number of aryl methyl sites for hydroxylation is 1. The van der Waals surface area contributed by atoms with Gasteiger partial charge in [0.2, 0.25) is 0 Å². The fourth-order valence-corrected chi connectivity index (χ4v) is 4.22. The molecule has 1 aromatic heterocycles. The molecule has 176 valence electrons. The molecule has 1 atom stereocenters. The summed E-state index contributed by atoms with van der Waals surface area (Å²) in [6, 6.07) is 15.7. The van der Waals surface area contributed by atoms with Crippen molar-refractivity contribution in [3.8, 4) is 17.2 Å². The number of rotatable bonds is 10. The van der Waals surface area contributed by atoms with Crippen LogP contribution in [0.15, 0.2) is 60.9 Å². The van der Waals surface area contributed by atoms with Crippen LogP contribution in [0.4, 0.5) is 0 Å². The predicted octanol–water partition coefficient (Wildman–Crippen LogP) is 3.69. The van der Waals surface area contributed by atoms with E-state index >= 15 is 0 Å². The summed E-state index contributed by atoms with van der Waals surface area (Å²) in [4.78, 5) is 2.27. The molecule has 1 fully saturated rings. The van der Waals surface area contributed by atoms with Crippen molar-refractivity contribution < 1.29 is 19.3 Å². The van der Waals surface area contributed by atoms with Crippen LogP contribution in [0, 0.1) is 6.92 Å². The third kappa shape index (κ3) is 6.49. The van der Waals surface area contributed by atoms with Crippen LogP contribution in [0.1, 0.15) is 24.0 Å². The van der Waals surface area contributed by atoms with Gasteiger partial charge in [-0.1, -0.05) is 24.3 Å². The summed E-state index contributed by atoms with van der Waals surface area (Å²) >= 11 is 0. The predicted molar refractivity (Wildman–Crippen MR) is 127 cm³/mol. The Morgan fingerprint density at radius 1 is 1.09 bits per heavy atom. The standard InChI is InChI=1S/C26H33N3O4/c1-21-16-27-29(17-21)13-14-32-24-10-9-22(15-25(24)31-2)18-28-12-6-11-26(30,19-28)20-33-23-7-4-3-5-8-23/h3-5,7-10,15-17,30H,6,11-14,18-20H2,1-2H3. The summed E-state index contributed by atoms with van der Waals surface area (Å²) in [5.41, 5.74) is 1.40. The Balaban J connectivity index is 1.31. The maximum Gasteiger partial charge on any atom is 0.161 e. The van der Waals surface area contributed by atoms with Crippen molar-refractivity contribution in [3.63, 3.8) is 0 Å². The van der Waals surface area contributed by atoms with Crippen molar-refractivity contribution in [2.24, 2.45) is 0 Å². The fraction of sp³-hybridized carbons (Fsp3) is 0.423. The molecule has 4 rings (SSSR count). The highest BCUT2D eigenvalue weighted by Crippen LogP contribution is 2.30. The van der Waals surface area contributed by atoms with Gasteiger partial charge < -0.3 is 19.3 Å². The number of ether oxygens (including phenoxy) is 3. The second-order valence-electron chi connectivity index (χ2n) is 8.75. The van der Waals surface area contributed by atoms with E-state index in [-0.39, 0.29) is 0 Å². The number of β-amino-alcohol motifs (C(OH)–C–C–N with tert-alkyl or cyclic N) is 1. The van der Waals surface area contributed by atoms with Crippen molar-refractivity contribution >= 4 is 0 Å². The Hall–Kier alpha value is -3.03.